The van der Waals surface area contributed by atoms with E-state index < -0.39 is 0 Å². The van der Waals surface area contributed by atoms with Crippen molar-refractivity contribution in [1.82, 2.24) is 40.2 Å². The smallest absolute Gasteiger partial charge is 0.309 e. The Morgan fingerprint density at radius 1 is 1.14 bits per heavy atom. The Labute approximate surface area is 245 Å². The molecule has 0 aliphatic heterocycles. The number of carbonyl (C=O) groups is 1. The van der Waals surface area contributed by atoms with Crippen molar-refractivity contribution >= 4 is 17.1 Å². The zero-order chi connectivity index (χ0) is 29.8. The Kier molecular flexibility index (Phi) is 6.95. The molecule has 2 N–H and O–H groups in total. The van der Waals surface area contributed by atoms with E-state index in [0.717, 1.165) is 76.3 Å². The Bertz CT molecular complexity index is 1790. The van der Waals surface area contributed by atoms with Gasteiger partial charge < -0.3 is 14.7 Å². The predicted octanol–water partition coefficient (Wildman–Crippen LogP) is 6.56. The molecule has 5 aromatic rings. The van der Waals surface area contributed by atoms with Gasteiger partial charge in [0.2, 0.25) is 5.89 Å². The summed E-state index contributed by atoms with van der Waals surface area (Å²) >= 11 is 0. The minimum atomic E-state index is -0.341. The highest BCUT2D eigenvalue weighted by Crippen LogP contribution is 2.36. The van der Waals surface area contributed by atoms with E-state index >= 15 is 0 Å². The standard InChI is InChI=1S/C32H38N8O2/c1-17(2)40-19(4)25(18(3)39-40)27-35-26-23(14-15-33-28(26)36-27)21-12-13-22-20(16-21)10-8-9-11-24(22)34-29(41)30-37-38-31(42-30)32(5,6)7/h12-17,24H,8-11H2,1-7H3,(H,34,41)(H,33,35,36)/t24-/m1/s1. The summed E-state index contributed by atoms with van der Waals surface area (Å²) in [4.78, 5) is 26.2. The summed E-state index contributed by atoms with van der Waals surface area (Å²) in [7, 11) is 0. The molecule has 0 spiro atoms. The zero-order valence-electron chi connectivity index (χ0n) is 25.4. The van der Waals surface area contributed by atoms with Crippen LogP contribution in [0.25, 0.3) is 33.7 Å². The van der Waals surface area contributed by atoms with E-state index in [4.69, 9.17) is 14.5 Å². The number of nitrogens with one attached hydrogen (secondary N) is 2. The molecule has 0 bridgehead atoms. The van der Waals surface area contributed by atoms with Crippen LogP contribution in [-0.4, -0.2) is 40.8 Å². The van der Waals surface area contributed by atoms with Gasteiger partial charge in [0.25, 0.3) is 0 Å². The average molecular weight is 567 g/mol. The number of carbonyl (C=O) groups excluding carboxylic acids is 1. The lowest BCUT2D eigenvalue weighted by Gasteiger charge is -2.19. The van der Waals surface area contributed by atoms with Crippen LogP contribution >= 0.6 is 0 Å². The summed E-state index contributed by atoms with van der Waals surface area (Å²) in [6.07, 6.45) is 5.67. The number of benzene rings is 1. The third-order valence-corrected chi connectivity index (χ3v) is 8.02. The quantitative estimate of drug-likeness (QED) is 0.231. The number of hydrogen-bond donors (Lipinski definition) is 2. The first kappa shape index (κ1) is 27.8. The lowest BCUT2D eigenvalue weighted by molar-refractivity contribution is 0.0896. The van der Waals surface area contributed by atoms with Crippen molar-refractivity contribution in [2.45, 2.75) is 91.6 Å². The highest BCUT2D eigenvalue weighted by atomic mass is 16.4. The molecule has 4 heterocycles. The van der Waals surface area contributed by atoms with E-state index in [2.05, 4.69) is 64.5 Å². The molecule has 0 radical (unpaired) electrons. The van der Waals surface area contributed by atoms with E-state index in [1.807, 2.05) is 44.6 Å². The van der Waals surface area contributed by atoms with Crippen LogP contribution in [-0.2, 0) is 11.8 Å². The number of amides is 1. The van der Waals surface area contributed by atoms with Crippen LogP contribution in [0.1, 0.15) is 105 Å². The number of pyridine rings is 1. The molecule has 4 aromatic heterocycles. The normalized spacial score (nSPS) is 15.7. The third kappa shape index (κ3) is 4.99. The van der Waals surface area contributed by atoms with Crippen molar-refractivity contribution in [3.63, 3.8) is 0 Å². The van der Waals surface area contributed by atoms with Gasteiger partial charge in [-0.25, -0.2) is 9.97 Å². The maximum absolute atomic E-state index is 13.1. The molecule has 0 saturated heterocycles. The van der Waals surface area contributed by atoms with Crippen LogP contribution in [0.2, 0.25) is 0 Å². The number of hydrogen-bond acceptors (Lipinski definition) is 7. The van der Waals surface area contributed by atoms with Crippen molar-refractivity contribution in [3.05, 3.63) is 64.8 Å². The first-order valence-electron chi connectivity index (χ1n) is 14.7. The molecule has 10 heteroatoms. The van der Waals surface area contributed by atoms with E-state index in [1.165, 1.54) is 5.56 Å². The molecule has 1 amide bonds. The number of imidazole rings is 1. The van der Waals surface area contributed by atoms with Gasteiger partial charge in [0.05, 0.1) is 17.3 Å². The Morgan fingerprint density at radius 3 is 2.67 bits per heavy atom. The van der Waals surface area contributed by atoms with E-state index in [0.29, 0.717) is 5.89 Å². The van der Waals surface area contributed by atoms with E-state index in [-0.39, 0.29) is 29.3 Å². The molecule has 1 aliphatic carbocycles. The Balaban J connectivity index is 1.32. The summed E-state index contributed by atoms with van der Waals surface area (Å²) in [5.74, 6) is 0.884. The van der Waals surface area contributed by atoms with Crippen LogP contribution in [0.5, 0.6) is 0 Å². The second kappa shape index (κ2) is 10.5. The molecule has 1 aliphatic rings. The molecule has 0 unspecified atom stereocenters. The third-order valence-electron chi connectivity index (χ3n) is 8.02. The summed E-state index contributed by atoms with van der Waals surface area (Å²) in [6, 6.07) is 8.63. The molecule has 1 aromatic carbocycles. The number of aromatic nitrogens is 7. The average Bonchev–Trinajstić information content (AvgIpc) is 3.64. The fraction of sp³-hybridized carbons (Fsp3) is 0.438. The fourth-order valence-electron chi connectivity index (χ4n) is 5.91. The number of aromatic amines is 1. The van der Waals surface area contributed by atoms with Crippen LogP contribution < -0.4 is 5.32 Å². The first-order valence-corrected chi connectivity index (χ1v) is 14.7. The largest absolute Gasteiger partial charge is 0.416 e. The number of rotatable bonds is 5. The van der Waals surface area contributed by atoms with Gasteiger partial charge in [-0.2, -0.15) is 5.10 Å². The van der Waals surface area contributed by atoms with Gasteiger partial charge in [0.15, 0.2) is 5.65 Å². The molecular formula is C32H38N8O2. The molecule has 1 atom stereocenters. The number of fused-ring (bicyclic) bond motifs is 2. The van der Waals surface area contributed by atoms with Gasteiger partial charge in [-0.1, -0.05) is 45.4 Å². The van der Waals surface area contributed by atoms with Gasteiger partial charge in [-0.3, -0.25) is 9.48 Å². The minimum absolute atomic E-state index is 0.000247. The monoisotopic (exact) mass is 566 g/mol. The molecule has 0 fully saturated rings. The summed E-state index contributed by atoms with van der Waals surface area (Å²) in [5, 5.41) is 16.0. The molecule has 42 heavy (non-hydrogen) atoms. The van der Waals surface area contributed by atoms with Crippen molar-refractivity contribution in [1.29, 1.82) is 0 Å². The fourth-order valence-corrected chi connectivity index (χ4v) is 5.91. The molecule has 0 saturated carbocycles. The Morgan fingerprint density at radius 2 is 1.95 bits per heavy atom. The second-order valence-electron chi connectivity index (χ2n) is 12.6. The second-order valence-corrected chi connectivity index (χ2v) is 12.6. The van der Waals surface area contributed by atoms with Crippen molar-refractivity contribution in [2.75, 3.05) is 0 Å². The van der Waals surface area contributed by atoms with Gasteiger partial charge in [0, 0.05) is 28.9 Å². The highest BCUT2D eigenvalue weighted by Gasteiger charge is 2.27. The maximum atomic E-state index is 13.1. The summed E-state index contributed by atoms with van der Waals surface area (Å²) < 4.78 is 7.73. The van der Waals surface area contributed by atoms with Gasteiger partial charge in [0.1, 0.15) is 11.3 Å². The molecule has 10 nitrogen and oxygen atoms in total. The van der Waals surface area contributed by atoms with Crippen molar-refractivity contribution in [3.8, 4) is 22.5 Å². The van der Waals surface area contributed by atoms with Gasteiger partial charge in [-0.05, 0) is 69.7 Å². The Hall–Kier alpha value is -4.34. The topological polar surface area (TPSA) is 127 Å². The van der Waals surface area contributed by atoms with Crippen molar-refractivity contribution < 1.29 is 9.21 Å². The molecular weight excluding hydrogens is 528 g/mol. The lowest BCUT2D eigenvalue weighted by Crippen LogP contribution is -2.29. The van der Waals surface area contributed by atoms with Crippen LogP contribution in [0.3, 0.4) is 0 Å². The maximum Gasteiger partial charge on any atom is 0.309 e. The number of nitrogens with zero attached hydrogens (tertiary/aromatic N) is 6. The van der Waals surface area contributed by atoms with Crippen LogP contribution in [0.15, 0.2) is 34.9 Å². The number of H-pyrrole nitrogens is 1. The van der Waals surface area contributed by atoms with E-state index in [1.54, 1.807) is 0 Å². The summed E-state index contributed by atoms with van der Waals surface area (Å²) in [6.45, 7) is 14.3. The number of aryl methyl sites for hydroxylation is 2. The van der Waals surface area contributed by atoms with Crippen LogP contribution in [0.4, 0.5) is 0 Å². The summed E-state index contributed by atoms with van der Waals surface area (Å²) in [5.41, 5.74) is 8.73. The predicted molar refractivity (Wildman–Crippen MR) is 161 cm³/mol. The SMILES string of the molecule is Cc1nn(C(C)C)c(C)c1-c1nc2c(-c3ccc4c(c3)CCCC[C@H]4NC(=O)c3nnc(C(C)(C)C)o3)ccnc2[nH]1. The first-order chi connectivity index (χ1) is 20.0. The zero-order valence-corrected chi connectivity index (χ0v) is 25.4. The lowest BCUT2D eigenvalue weighted by atomic mass is 9.94. The minimum Gasteiger partial charge on any atom is -0.416 e. The van der Waals surface area contributed by atoms with Crippen molar-refractivity contribution in [2.24, 2.45) is 0 Å². The molecule has 218 valence electrons. The molecule has 6 rings (SSSR count). The highest BCUT2D eigenvalue weighted by molar-refractivity contribution is 5.92. The van der Waals surface area contributed by atoms with Crippen LogP contribution in [0, 0.1) is 13.8 Å². The van der Waals surface area contributed by atoms with Gasteiger partial charge >= 0.3 is 11.8 Å². The van der Waals surface area contributed by atoms with E-state index in [9.17, 15) is 4.79 Å². The van der Waals surface area contributed by atoms with Gasteiger partial charge in [-0.15, -0.1) is 10.2 Å².